The van der Waals surface area contributed by atoms with Crippen LogP contribution in [0.4, 0.5) is 0 Å². The molecule has 0 aromatic heterocycles. The van der Waals surface area contributed by atoms with Crippen molar-refractivity contribution in [2.45, 2.75) is 137 Å². The van der Waals surface area contributed by atoms with Gasteiger partial charge in [-0.3, -0.25) is 9.69 Å². The van der Waals surface area contributed by atoms with Gasteiger partial charge >= 0.3 is 0 Å². The number of nitrogens with zero attached hydrogens (tertiary/aromatic N) is 1. The lowest BCUT2D eigenvalue weighted by molar-refractivity contribution is -0.123. The standard InChI is InChI=1S/C24H50N2O/c1-5-8-9-10-11-12-13-14-15-16-17-18-19-20-21-22-24(27)25-23(4)26(6-2)7-3/h23H,5-22H2,1-4H3,(H,25,27). The molecule has 27 heavy (non-hydrogen) atoms. The minimum Gasteiger partial charge on any atom is -0.341 e. The second-order valence-electron chi connectivity index (χ2n) is 8.16. The Morgan fingerprint density at radius 1 is 0.667 bits per heavy atom. The fourth-order valence-corrected chi connectivity index (χ4v) is 3.82. The molecule has 0 heterocycles. The number of hydrogen-bond donors (Lipinski definition) is 1. The van der Waals surface area contributed by atoms with E-state index in [1.165, 1.54) is 89.9 Å². The van der Waals surface area contributed by atoms with E-state index < -0.39 is 0 Å². The number of amides is 1. The molecule has 1 N–H and O–H groups in total. The lowest BCUT2D eigenvalue weighted by atomic mass is 10.0. The maximum atomic E-state index is 12.0. The van der Waals surface area contributed by atoms with Gasteiger partial charge in [0, 0.05) is 6.42 Å². The van der Waals surface area contributed by atoms with E-state index in [9.17, 15) is 4.79 Å². The van der Waals surface area contributed by atoms with Crippen molar-refractivity contribution in [3.8, 4) is 0 Å². The molecule has 0 aliphatic heterocycles. The highest BCUT2D eigenvalue weighted by molar-refractivity contribution is 5.76. The summed E-state index contributed by atoms with van der Waals surface area (Å²) in [7, 11) is 0. The Bertz CT molecular complexity index is 316. The lowest BCUT2D eigenvalue weighted by Crippen LogP contribution is -2.45. The van der Waals surface area contributed by atoms with Gasteiger partial charge in [-0.25, -0.2) is 0 Å². The maximum Gasteiger partial charge on any atom is 0.221 e. The van der Waals surface area contributed by atoms with Crippen LogP contribution in [0.15, 0.2) is 0 Å². The summed E-state index contributed by atoms with van der Waals surface area (Å²) in [6.45, 7) is 10.6. The highest BCUT2D eigenvalue weighted by Gasteiger charge is 2.12. The summed E-state index contributed by atoms with van der Waals surface area (Å²) in [5.41, 5.74) is 0. The van der Waals surface area contributed by atoms with E-state index in [1.807, 2.05) is 0 Å². The Kier molecular flexibility index (Phi) is 19.7. The summed E-state index contributed by atoms with van der Waals surface area (Å²) < 4.78 is 0. The third-order valence-electron chi connectivity index (χ3n) is 5.74. The molecule has 0 aromatic carbocycles. The molecule has 0 rings (SSSR count). The van der Waals surface area contributed by atoms with Crippen LogP contribution in [0.5, 0.6) is 0 Å². The number of rotatable bonds is 20. The summed E-state index contributed by atoms with van der Waals surface area (Å²) in [4.78, 5) is 14.3. The van der Waals surface area contributed by atoms with E-state index in [-0.39, 0.29) is 12.1 Å². The minimum atomic E-state index is 0.156. The Labute approximate surface area is 171 Å². The first-order chi connectivity index (χ1) is 13.2. The molecule has 162 valence electrons. The van der Waals surface area contributed by atoms with Crippen molar-refractivity contribution in [2.75, 3.05) is 13.1 Å². The third kappa shape index (κ3) is 17.3. The highest BCUT2D eigenvalue weighted by atomic mass is 16.1. The van der Waals surface area contributed by atoms with Gasteiger partial charge in [-0.2, -0.15) is 0 Å². The van der Waals surface area contributed by atoms with Crippen LogP contribution in [0.3, 0.4) is 0 Å². The lowest BCUT2D eigenvalue weighted by Gasteiger charge is -2.27. The zero-order chi connectivity index (χ0) is 20.2. The fourth-order valence-electron chi connectivity index (χ4n) is 3.82. The molecular weight excluding hydrogens is 332 g/mol. The van der Waals surface area contributed by atoms with E-state index in [4.69, 9.17) is 0 Å². The van der Waals surface area contributed by atoms with Crippen LogP contribution >= 0.6 is 0 Å². The number of carbonyl (C=O) groups excluding carboxylic acids is 1. The molecule has 1 unspecified atom stereocenters. The van der Waals surface area contributed by atoms with Crippen molar-refractivity contribution >= 4 is 5.91 Å². The molecule has 0 radical (unpaired) electrons. The van der Waals surface area contributed by atoms with E-state index >= 15 is 0 Å². The summed E-state index contributed by atoms with van der Waals surface area (Å²) in [5.74, 6) is 0.212. The van der Waals surface area contributed by atoms with Crippen LogP contribution in [0.1, 0.15) is 130 Å². The molecule has 0 spiro atoms. The van der Waals surface area contributed by atoms with Gasteiger partial charge in [0.2, 0.25) is 5.91 Å². The number of unbranched alkanes of at least 4 members (excludes halogenated alkanes) is 14. The Balaban J connectivity index is 3.30. The predicted octanol–water partition coefficient (Wildman–Crippen LogP) is 7.05. The second kappa shape index (κ2) is 20.2. The molecule has 0 bridgehead atoms. The van der Waals surface area contributed by atoms with Crippen LogP contribution in [-0.4, -0.2) is 30.1 Å². The molecule has 1 amide bonds. The Hall–Kier alpha value is -0.570. The minimum absolute atomic E-state index is 0.156. The zero-order valence-electron chi connectivity index (χ0n) is 19.2. The van der Waals surface area contributed by atoms with Crippen molar-refractivity contribution in [3.05, 3.63) is 0 Å². The van der Waals surface area contributed by atoms with Crippen LogP contribution in [-0.2, 0) is 4.79 Å². The fraction of sp³-hybridized carbons (Fsp3) is 0.958. The summed E-state index contributed by atoms with van der Waals surface area (Å²) in [6.07, 6.45) is 21.3. The van der Waals surface area contributed by atoms with Gasteiger partial charge in [-0.05, 0) is 26.4 Å². The zero-order valence-corrected chi connectivity index (χ0v) is 19.2. The largest absolute Gasteiger partial charge is 0.341 e. The summed E-state index contributed by atoms with van der Waals surface area (Å²) >= 11 is 0. The molecule has 1 atom stereocenters. The van der Waals surface area contributed by atoms with Gasteiger partial charge in [0.1, 0.15) is 0 Å². The first-order valence-electron chi connectivity index (χ1n) is 12.2. The highest BCUT2D eigenvalue weighted by Crippen LogP contribution is 2.13. The summed E-state index contributed by atoms with van der Waals surface area (Å²) in [6, 6.07) is 0. The smallest absolute Gasteiger partial charge is 0.221 e. The van der Waals surface area contributed by atoms with Gasteiger partial charge in [-0.1, -0.05) is 111 Å². The van der Waals surface area contributed by atoms with E-state index in [1.54, 1.807) is 0 Å². The predicted molar refractivity (Wildman–Crippen MR) is 120 cm³/mol. The first-order valence-corrected chi connectivity index (χ1v) is 12.2. The van der Waals surface area contributed by atoms with E-state index in [2.05, 4.69) is 37.9 Å². The van der Waals surface area contributed by atoms with Crippen LogP contribution < -0.4 is 5.32 Å². The third-order valence-corrected chi connectivity index (χ3v) is 5.74. The van der Waals surface area contributed by atoms with Crippen molar-refractivity contribution in [1.82, 2.24) is 10.2 Å². The second-order valence-corrected chi connectivity index (χ2v) is 8.16. The van der Waals surface area contributed by atoms with Crippen molar-refractivity contribution in [1.29, 1.82) is 0 Å². The number of nitrogens with one attached hydrogen (secondary N) is 1. The van der Waals surface area contributed by atoms with Gasteiger partial charge in [-0.15, -0.1) is 0 Å². The molecule has 0 aliphatic rings. The normalized spacial score (nSPS) is 12.5. The molecule has 0 aliphatic carbocycles. The van der Waals surface area contributed by atoms with Crippen molar-refractivity contribution in [2.24, 2.45) is 0 Å². The molecule has 3 nitrogen and oxygen atoms in total. The Morgan fingerprint density at radius 2 is 1.04 bits per heavy atom. The molecule has 0 saturated heterocycles. The van der Waals surface area contributed by atoms with Gasteiger partial charge in [0.05, 0.1) is 6.17 Å². The van der Waals surface area contributed by atoms with Gasteiger partial charge in [0.25, 0.3) is 0 Å². The van der Waals surface area contributed by atoms with Crippen molar-refractivity contribution < 1.29 is 4.79 Å². The summed E-state index contributed by atoms with van der Waals surface area (Å²) in [5, 5.41) is 3.12. The number of carbonyl (C=O) groups is 1. The average molecular weight is 383 g/mol. The average Bonchev–Trinajstić information content (AvgIpc) is 2.65. The quantitative estimate of drug-likeness (QED) is 0.181. The van der Waals surface area contributed by atoms with Crippen molar-refractivity contribution in [3.63, 3.8) is 0 Å². The Morgan fingerprint density at radius 3 is 1.41 bits per heavy atom. The van der Waals surface area contributed by atoms with Crippen LogP contribution in [0.25, 0.3) is 0 Å². The van der Waals surface area contributed by atoms with Crippen LogP contribution in [0.2, 0.25) is 0 Å². The van der Waals surface area contributed by atoms with Gasteiger partial charge < -0.3 is 5.32 Å². The molecular formula is C24H50N2O. The molecule has 0 aromatic rings. The molecule has 0 fully saturated rings. The monoisotopic (exact) mass is 382 g/mol. The van der Waals surface area contributed by atoms with Gasteiger partial charge in [0.15, 0.2) is 0 Å². The number of hydrogen-bond acceptors (Lipinski definition) is 2. The van der Waals surface area contributed by atoms with E-state index in [0.29, 0.717) is 6.42 Å². The first kappa shape index (κ1) is 26.4. The van der Waals surface area contributed by atoms with E-state index in [0.717, 1.165) is 19.5 Å². The van der Waals surface area contributed by atoms with Crippen LogP contribution in [0, 0.1) is 0 Å². The maximum absolute atomic E-state index is 12.0. The SMILES string of the molecule is CCCCCCCCCCCCCCCCCC(=O)NC(C)N(CC)CC. The molecule has 0 saturated carbocycles. The molecule has 3 heteroatoms. The topological polar surface area (TPSA) is 32.3 Å².